The first-order valence-electron chi connectivity index (χ1n) is 11.0. The van der Waals surface area contributed by atoms with Crippen molar-refractivity contribution < 1.29 is 13.2 Å². The van der Waals surface area contributed by atoms with Crippen molar-refractivity contribution in [1.82, 2.24) is 9.55 Å². The van der Waals surface area contributed by atoms with Crippen molar-refractivity contribution in [3.8, 4) is 0 Å². The minimum absolute atomic E-state index is 0.00702. The van der Waals surface area contributed by atoms with E-state index < -0.39 is 10.0 Å². The molecule has 4 rings (SSSR count). The largest absolute Gasteiger partial charge is 0.325 e. The first-order valence-corrected chi connectivity index (χ1v) is 13.6. The van der Waals surface area contributed by atoms with Crippen molar-refractivity contribution in [1.29, 1.82) is 0 Å². The Morgan fingerprint density at radius 3 is 2.74 bits per heavy atom. The van der Waals surface area contributed by atoms with Crippen LogP contribution < -0.4 is 16.0 Å². The summed E-state index contributed by atoms with van der Waals surface area (Å²) in [6.45, 7) is 0.503. The summed E-state index contributed by atoms with van der Waals surface area (Å²) in [6.07, 6.45) is 7.55. The first-order chi connectivity index (χ1) is 16.3. The second-order valence-electron chi connectivity index (χ2n) is 8.14. The molecule has 0 atom stereocenters. The fraction of sp³-hybridized carbons (Fsp3) is 0.292. The van der Waals surface area contributed by atoms with Gasteiger partial charge in [-0.3, -0.25) is 14.2 Å². The van der Waals surface area contributed by atoms with Crippen molar-refractivity contribution in [3.05, 3.63) is 70.5 Å². The summed E-state index contributed by atoms with van der Waals surface area (Å²) in [7, 11) is -3.87. The molecule has 1 aliphatic rings. The Hall–Kier alpha value is -2.95. The summed E-state index contributed by atoms with van der Waals surface area (Å²) in [5.41, 5.74) is 2.15. The van der Waals surface area contributed by atoms with Gasteiger partial charge in [-0.15, -0.1) is 0 Å². The van der Waals surface area contributed by atoms with Gasteiger partial charge in [0.2, 0.25) is 15.9 Å². The number of fused-ring (bicyclic) bond motifs is 1. The van der Waals surface area contributed by atoms with Crippen LogP contribution in [0, 0.1) is 0 Å². The highest BCUT2D eigenvalue weighted by atomic mass is 32.2. The lowest BCUT2D eigenvalue weighted by atomic mass is 9.97. The maximum Gasteiger partial charge on any atom is 0.262 e. The zero-order chi connectivity index (χ0) is 24.1. The van der Waals surface area contributed by atoms with Gasteiger partial charge in [0, 0.05) is 12.2 Å². The summed E-state index contributed by atoms with van der Waals surface area (Å²) in [6, 6.07) is 12.9. The Morgan fingerprint density at radius 1 is 1.15 bits per heavy atom. The molecule has 0 fully saturated rings. The van der Waals surface area contributed by atoms with E-state index in [2.05, 4.69) is 16.4 Å². The van der Waals surface area contributed by atoms with Crippen molar-refractivity contribution in [2.75, 3.05) is 11.1 Å². The molecule has 0 unspecified atom stereocenters. The number of carbonyl (C=O) groups is 1. The highest BCUT2D eigenvalue weighted by molar-refractivity contribution is 7.99. The highest BCUT2D eigenvalue weighted by Crippen LogP contribution is 2.23. The Balaban J connectivity index is 1.53. The second kappa shape index (κ2) is 10.5. The molecule has 2 aromatic carbocycles. The van der Waals surface area contributed by atoms with Crippen LogP contribution in [-0.4, -0.2) is 29.6 Å². The van der Waals surface area contributed by atoms with Gasteiger partial charge < -0.3 is 5.32 Å². The van der Waals surface area contributed by atoms with Crippen molar-refractivity contribution in [2.45, 2.75) is 48.7 Å². The molecule has 10 heteroatoms. The third-order valence-electron chi connectivity index (χ3n) is 5.65. The van der Waals surface area contributed by atoms with E-state index in [-0.39, 0.29) is 22.1 Å². The summed E-state index contributed by atoms with van der Waals surface area (Å²) in [5.74, 6) is -0.340. The molecule has 3 aromatic rings. The second-order valence-corrected chi connectivity index (χ2v) is 10.6. The van der Waals surface area contributed by atoms with Crippen LogP contribution >= 0.6 is 11.8 Å². The number of rotatable bonds is 8. The van der Waals surface area contributed by atoms with E-state index in [4.69, 9.17) is 5.14 Å². The molecule has 1 heterocycles. The summed E-state index contributed by atoms with van der Waals surface area (Å²) in [4.78, 5) is 30.4. The predicted molar refractivity (Wildman–Crippen MR) is 134 cm³/mol. The van der Waals surface area contributed by atoms with Gasteiger partial charge in [0.05, 0.1) is 21.6 Å². The smallest absolute Gasteiger partial charge is 0.262 e. The number of primary sulfonamides is 1. The molecule has 1 aromatic heterocycles. The fourth-order valence-electron chi connectivity index (χ4n) is 3.92. The molecule has 0 bridgehead atoms. The maximum atomic E-state index is 13.2. The standard InChI is InChI=1S/C24H26N4O4S2/c25-34(31,32)19-10-6-9-18(15-19)26-22(29)16-33-24-27-21-12-5-4-11-20(21)23(30)28(24)14-13-17-7-2-1-3-8-17/h4-7,9-12,15H,1-3,8,13-14,16H2,(H,26,29)(H2,25,31,32). The summed E-state index contributed by atoms with van der Waals surface area (Å²) >= 11 is 1.18. The van der Waals surface area contributed by atoms with E-state index in [1.807, 2.05) is 12.1 Å². The molecule has 0 aliphatic heterocycles. The summed E-state index contributed by atoms with van der Waals surface area (Å²) in [5, 5.41) is 8.87. The molecule has 8 nitrogen and oxygen atoms in total. The van der Waals surface area contributed by atoms with E-state index in [0.29, 0.717) is 28.3 Å². The van der Waals surface area contributed by atoms with Crippen LogP contribution in [0.1, 0.15) is 32.1 Å². The van der Waals surface area contributed by atoms with Crippen LogP contribution in [0.3, 0.4) is 0 Å². The van der Waals surface area contributed by atoms with Crippen LogP contribution in [-0.2, 0) is 21.4 Å². The SMILES string of the molecule is NS(=O)(=O)c1cccc(NC(=O)CSc2nc3ccccc3c(=O)n2CCC2=CCCCC2)c1. The quantitative estimate of drug-likeness (QED) is 0.277. The molecule has 0 saturated carbocycles. The minimum atomic E-state index is -3.87. The number of hydrogen-bond acceptors (Lipinski definition) is 6. The molecule has 0 saturated heterocycles. The van der Waals surface area contributed by atoms with Crippen molar-refractivity contribution in [3.63, 3.8) is 0 Å². The van der Waals surface area contributed by atoms with Gasteiger partial charge in [0.15, 0.2) is 5.16 Å². The van der Waals surface area contributed by atoms with Gasteiger partial charge in [0.1, 0.15) is 0 Å². The number of allylic oxidation sites excluding steroid dienone is 2. The van der Waals surface area contributed by atoms with Gasteiger partial charge in [-0.2, -0.15) is 0 Å². The molecule has 0 spiro atoms. The first kappa shape index (κ1) is 24.2. The van der Waals surface area contributed by atoms with E-state index in [0.717, 1.165) is 19.3 Å². The predicted octanol–water partition coefficient (Wildman–Crippen LogP) is 3.67. The number of sulfonamides is 1. The van der Waals surface area contributed by atoms with Crippen LogP contribution in [0.15, 0.2) is 75.0 Å². The molecule has 1 aliphatic carbocycles. The molecular weight excluding hydrogens is 472 g/mol. The van der Waals surface area contributed by atoms with Crippen LogP contribution in [0.4, 0.5) is 5.69 Å². The third-order valence-corrected chi connectivity index (χ3v) is 7.53. The van der Waals surface area contributed by atoms with Gasteiger partial charge in [-0.25, -0.2) is 18.5 Å². The molecular formula is C24H26N4O4S2. The molecule has 178 valence electrons. The van der Waals surface area contributed by atoms with E-state index in [9.17, 15) is 18.0 Å². The lowest BCUT2D eigenvalue weighted by molar-refractivity contribution is -0.113. The molecule has 3 N–H and O–H groups in total. The third kappa shape index (κ3) is 5.94. The Morgan fingerprint density at radius 2 is 1.97 bits per heavy atom. The monoisotopic (exact) mass is 498 g/mol. The maximum absolute atomic E-state index is 13.2. The number of anilines is 1. The number of thioether (sulfide) groups is 1. The number of para-hydroxylation sites is 1. The zero-order valence-electron chi connectivity index (χ0n) is 18.6. The van der Waals surface area contributed by atoms with Crippen LogP contribution in [0.25, 0.3) is 10.9 Å². The van der Waals surface area contributed by atoms with E-state index in [1.54, 1.807) is 22.8 Å². The van der Waals surface area contributed by atoms with Crippen molar-refractivity contribution in [2.24, 2.45) is 5.14 Å². The zero-order valence-corrected chi connectivity index (χ0v) is 20.2. The Labute approximate surface area is 202 Å². The van der Waals surface area contributed by atoms with E-state index in [1.165, 1.54) is 48.4 Å². The number of nitrogens with two attached hydrogens (primary N) is 1. The Kier molecular flexibility index (Phi) is 7.50. The molecule has 1 amide bonds. The van der Waals surface area contributed by atoms with Gasteiger partial charge >= 0.3 is 0 Å². The average molecular weight is 499 g/mol. The molecule has 0 radical (unpaired) electrons. The number of nitrogens with one attached hydrogen (secondary N) is 1. The fourth-order valence-corrected chi connectivity index (χ4v) is 5.30. The van der Waals surface area contributed by atoms with Gasteiger partial charge in [-0.05, 0) is 62.4 Å². The van der Waals surface area contributed by atoms with Gasteiger partial charge in [-0.1, -0.05) is 41.6 Å². The normalized spacial score (nSPS) is 14.1. The number of aromatic nitrogens is 2. The Bertz CT molecular complexity index is 1410. The number of carbonyl (C=O) groups excluding carboxylic acids is 1. The number of amides is 1. The average Bonchev–Trinajstić information content (AvgIpc) is 2.82. The lowest BCUT2D eigenvalue weighted by Gasteiger charge is -2.16. The van der Waals surface area contributed by atoms with E-state index >= 15 is 0 Å². The van der Waals surface area contributed by atoms with Crippen LogP contribution in [0.5, 0.6) is 0 Å². The van der Waals surface area contributed by atoms with Crippen LogP contribution in [0.2, 0.25) is 0 Å². The topological polar surface area (TPSA) is 124 Å². The highest BCUT2D eigenvalue weighted by Gasteiger charge is 2.15. The summed E-state index contributed by atoms with van der Waals surface area (Å²) < 4.78 is 24.8. The number of benzene rings is 2. The lowest BCUT2D eigenvalue weighted by Crippen LogP contribution is -2.24. The van der Waals surface area contributed by atoms with Crippen molar-refractivity contribution >= 4 is 44.3 Å². The number of nitrogens with zero attached hydrogens (tertiary/aromatic N) is 2. The van der Waals surface area contributed by atoms with Gasteiger partial charge in [0.25, 0.3) is 5.56 Å². The minimum Gasteiger partial charge on any atom is -0.325 e. The number of hydrogen-bond donors (Lipinski definition) is 2. The molecule has 34 heavy (non-hydrogen) atoms.